The molecule has 1 amide bonds. The van der Waals surface area contributed by atoms with Crippen LogP contribution < -0.4 is 10.2 Å². The van der Waals surface area contributed by atoms with Gasteiger partial charge in [-0.25, -0.2) is 9.48 Å². The van der Waals surface area contributed by atoms with Gasteiger partial charge in [-0.2, -0.15) is 10.1 Å². The van der Waals surface area contributed by atoms with E-state index in [2.05, 4.69) is 32.0 Å². The third kappa shape index (κ3) is 3.89. The van der Waals surface area contributed by atoms with Crippen molar-refractivity contribution >= 4 is 23.9 Å². The minimum atomic E-state index is -1.22. The number of carbonyl (C=O) groups is 2. The van der Waals surface area contributed by atoms with Crippen LogP contribution in [0.5, 0.6) is 0 Å². The van der Waals surface area contributed by atoms with Gasteiger partial charge >= 0.3 is 5.97 Å². The van der Waals surface area contributed by atoms with E-state index in [1.165, 1.54) is 11.7 Å². The van der Waals surface area contributed by atoms with Gasteiger partial charge in [-0.05, 0) is 25.0 Å². The number of aromatic nitrogens is 5. The molecule has 1 fully saturated rings. The SMILES string of the molecule is C=C(/C=C\c1nc(N2CCCC2)nn1C)NC(=O)c1c(C(=O)O)cnn1C. The van der Waals surface area contributed by atoms with Gasteiger partial charge in [0.1, 0.15) is 11.3 Å². The molecular formula is C17H21N7O3. The maximum atomic E-state index is 12.3. The fraction of sp³-hybridized carbons (Fsp3) is 0.353. The Kier molecular flexibility index (Phi) is 5.06. The predicted octanol–water partition coefficient (Wildman–Crippen LogP) is 0.804. The molecule has 0 aliphatic carbocycles. The number of hydrogen-bond acceptors (Lipinski definition) is 6. The molecule has 27 heavy (non-hydrogen) atoms. The number of allylic oxidation sites excluding steroid dienone is 1. The van der Waals surface area contributed by atoms with Crippen molar-refractivity contribution < 1.29 is 14.7 Å². The molecule has 0 spiro atoms. The van der Waals surface area contributed by atoms with Gasteiger partial charge in [0.25, 0.3) is 5.91 Å². The molecule has 10 heteroatoms. The standard InChI is InChI=1S/C17H21N7O3/c1-11(19-15(25)14-12(16(26)27)10-18-23(14)3)6-7-13-20-17(21-22(13)2)24-8-4-5-9-24/h6-7,10H,1,4-5,8-9H2,2-3H3,(H,19,25)(H,26,27)/b7-6-. The Morgan fingerprint density at radius 2 is 1.96 bits per heavy atom. The van der Waals surface area contributed by atoms with Crippen LogP contribution in [0.15, 0.2) is 24.5 Å². The highest BCUT2D eigenvalue weighted by atomic mass is 16.4. The van der Waals surface area contributed by atoms with Gasteiger partial charge in [-0.1, -0.05) is 6.58 Å². The molecular weight excluding hydrogens is 350 g/mol. The average Bonchev–Trinajstić information content (AvgIpc) is 3.32. The number of rotatable bonds is 6. The van der Waals surface area contributed by atoms with Crippen LogP contribution >= 0.6 is 0 Å². The van der Waals surface area contributed by atoms with E-state index < -0.39 is 11.9 Å². The molecule has 2 N–H and O–H groups in total. The third-order valence-electron chi connectivity index (χ3n) is 4.27. The molecule has 0 saturated carbocycles. The Morgan fingerprint density at radius 1 is 1.26 bits per heavy atom. The number of nitrogens with one attached hydrogen (secondary N) is 1. The lowest BCUT2D eigenvalue weighted by Gasteiger charge is -2.10. The summed E-state index contributed by atoms with van der Waals surface area (Å²) in [5.41, 5.74) is 0.0747. The van der Waals surface area contributed by atoms with E-state index in [0.717, 1.165) is 32.1 Å². The van der Waals surface area contributed by atoms with Crippen LogP contribution in [0.1, 0.15) is 39.5 Å². The number of carboxylic acid groups (broad SMARTS) is 1. The van der Waals surface area contributed by atoms with Crippen LogP contribution in [0.25, 0.3) is 6.08 Å². The molecule has 3 heterocycles. The molecule has 2 aromatic heterocycles. The lowest BCUT2D eigenvalue weighted by Crippen LogP contribution is -2.25. The molecule has 142 valence electrons. The highest BCUT2D eigenvalue weighted by molar-refractivity contribution is 6.04. The zero-order chi connectivity index (χ0) is 19.6. The number of aromatic carboxylic acids is 1. The lowest BCUT2D eigenvalue weighted by molar-refractivity contribution is 0.0691. The van der Waals surface area contributed by atoms with Gasteiger partial charge in [0.15, 0.2) is 5.82 Å². The monoisotopic (exact) mass is 371 g/mol. The van der Waals surface area contributed by atoms with Gasteiger partial charge in [0.2, 0.25) is 5.95 Å². The second kappa shape index (κ2) is 7.44. The van der Waals surface area contributed by atoms with Gasteiger partial charge in [-0.15, -0.1) is 5.10 Å². The van der Waals surface area contributed by atoms with E-state index in [-0.39, 0.29) is 11.3 Å². The summed E-state index contributed by atoms with van der Waals surface area (Å²) in [4.78, 5) is 30.2. The fourth-order valence-electron chi connectivity index (χ4n) is 2.86. The van der Waals surface area contributed by atoms with Crippen molar-refractivity contribution in [1.29, 1.82) is 0 Å². The van der Waals surface area contributed by atoms with Crippen LogP contribution in [-0.4, -0.2) is 54.6 Å². The van der Waals surface area contributed by atoms with Crippen molar-refractivity contribution in [2.75, 3.05) is 18.0 Å². The van der Waals surface area contributed by atoms with Gasteiger partial charge < -0.3 is 15.3 Å². The Hall–Kier alpha value is -3.43. The van der Waals surface area contributed by atoms with Crippen LogP contribution in [0.4, 0.5) is 5.95 Å². The first-order valence-electron chi connectivity index (χ1n) is 8.46. The Morgan fingerprint density at radius 3 is 2.63 bits per heavy atom. The summed E-state index contributed by atoms with van der Waals surface area (Å²) in [6.07, 6.45) is 6.69. The van der Waals surface area contributed by atoms with Crippen molar-refractivity contribution in [2.45, 2.75) is 12.8 Å². The van der Waals surface area contributed by atoms with Crippen molar-refractivity contribution in [2.24, 2.45) is 14.1 Å². The number of carbonyl (C=O) groups excluding carboxylic acids is 1. The minimum Gasteiger partial charge on any atom is -0.478 e. The third-order valence-corrected chi connectivity index (χ3v) is 4.27. The first-order valence-corrected chi connectivity index (χ1v) is 8.46. The van der Waals surface area contributed by atoms with Gasteiger partial charge in [-0.3, -0.25) is 9.48 Å². The highest BCUT2D eigenvalue weighted by Gasteiger charge is 2.21. The summed E-state index contributed by atoms with van der Waals surface area (Å²) in [6.45, 7) is 5.68. The fourth-order valence-corrected chi connectivity index (χ4v) is 2.86. The minimum absolute atomic E-state index is 0.0490. The molecule has 2 aromatic rings. The zero-order valence-corrected chi connectivity index (χ0v) is 15.2. The van der Waals surface area contributed by atoms with E-state index >= 15 is 0 Å². The summed E-state index contributed by atoms with van der Waals surface area (Å²) in [6, 6.07) is 0. The first kappa shape index (κ1) is 18.4. The van der Waals surface area contributed by atoms with E-state index in [0.29, 0.717) is 17.5 Å². The second-order valence-corrected chi connectivity index (χ2v) is 6.24. The molecule has 0 aromatic carbocycles. The van der Waals surface area contributed by atoms with Crippen LogP contribution in [0.3, 0.4) is 0 Å². The molecule has 0 atom stereocenters. The van der Waals surface area contributed by atoms with Gasteiger partial charge in [0.05, 0.1) is 6.20 Å². The van der Waals surface area contributed by atoms with E-state index in [4.69, 9.17) is 5.11 Å². The lowest BCUT2D eigenvalue weighted by atomic mass is 10.2. The van der Waals surface area contributed by atoms with Crippen LogP contribution in [0, 0.1) is 0 Å². The highest BCUT2D eigenvalue weighted by Crippen LogP contribution is 2.16. The van der Waals surface area contributed by atoms with Crippen molar-refractivity contribution in [3.05, 3.63) is 41.6 Å². The molecule has 1 aliphatic rings. The van der Waals surface area contributed by atoms with Crippen LogP contribution in [-0.2, 0) is 14.1 Å². The van der Waals surface area contributed by atoms with Crippen molar-refractivity contribution in [3.63, 3.8) is 0 Å². The summed E-state index contributed by atoms with van der Waals surface area (Å²) >= 11 is 0. The number of anilines is 1. The maximum absolute atomic E-state index is 12.3. The Bertz CT molecular complexity index is 919. The smallest absolute Gasteiger partial charge is 0.339 e. The molecule has 10 nitrogen and oxygen atoms in total. The second-order valence-electron chi connectivity index (χ2n) is 6.24. The summed E-state index contributed by atoms with van der Waals surface area (Å²) in [5.74, 6) is -0.509. The molecule has 1 aliphatic heterocycles. The largest absolute Gasteiger partial charge is 0.478 e. The van der Waals surface area contributed by atoms with Crippen molar-refractivity contribution in [1.82, 2.24) is 29.9 Å². The number of aryl methyl sites for hydroxylation is 2. The van der Waals surface area contributed by atoms with E-state index in [1.54, 1.807) is 23.9 Å². The molecule has 1 saturated heterocycles. The summed E-state index contributed by atoms with van der Waals surface area (Å²) in [7, 11) is 3.29. The molecule has 3 rings (SSSR count). The number of hydrogen-bond donors (Lipinski definition) is 2. The molecule has 0 unspecified atom stereocenters. The van der Waals surface area contributed by atoms with E-state index in [1.807, 2.05) is 0 Å². The molecule has 0 bridgehead atoms. The Balaban J connectivity index is 1.68. The quantitative estimate of drug-likeness (QED) is 0.721. The van der Waals surface area contributed by atoms with Gasteiger partial charge in [0, 0.05) is 32.9 Å². The predicted molar refractivity (Wildman–Crippen MR) is 98.3 cm³/mol. The van der Waals surface area contributed by atoms with Crippen LogP contribution in [0.2, 0.25) is 0 Å². The average molecular weight is 371 g/mol. The first-order chi connectivity index (χ1) is 12.9. The maximum Gasteiger partial charge on any atom is 0.339 e. The topological polar surface area (TPSA) is 118 Å². The molecule has 0 radical (unpaired) electrons. The number of amides is 1. The number of nitrogens with zero attached hydrogens (tertiary/aromatic N) is 6. The summed E-state index contributed by atoms with van der Waals surface area (Å²) in [5, 5.41) is 19.9. The summed E-state index contributed by atoms with van der Waals surface area (Å²) < 4.78 is 2.86. The zero-order valence-electron chi connectivity index (χ0n) is 15.2. The Labute approximate surface area is 155 Å². The number of carboxylic acids is 1. The van der Waals surface area contributed by atoms with Crippen molar-refractivity contribution in [3.8, 4) is 0 Å². The van der Waals surface area contributed by atoms with E-state index in [9.17, 15) is 9.59 Å². The normalized spacial score (nSPS) is 14.1.